The van der Waals surface area contributed by atoms with Crippen LogP contribution < -0.4 is 9.54 Å². The molecule has 92 valence electrons. The maximum Gasteiger partial charge on any atom is 0.184 e. The standard InChI is InChI=1S/C12H14N2OS.BrH/c1-13-12-14(2)11(8-16-12)9-4-6-10(15-3)7-5-9;/h4-8H,1-3H3;1H. The van der Waals surface area contributed by atoms with Crippen LogP contribution in [-0.4, -0.2) is 18.7 Å². The molecule has 1 heterocycles. The molecule has 0 N–H and O–H groups in total. The number of methoxy groups -OCH3 is 1. The third kappa shape index (κ3) is 2.79. The van der Waals surface area contributed by atoms with Gasteiger partial charge in [-0.1, -0.05) is 0 Å². The van der Waals surface area contributed by atoms with Crippen molar-refractivity contribution in [2.24, 2.45) is 12.0 Å². The van der Waals surface area contributed by atoms with E-state index in [9.17, 15) is 0 Å². The van der Waals surface area contributed by atoms with Gasteiger partial charge in [0.15, 0.2) is 4.80 Å². The Labute approximate surface area is 115 Å². The molecule has 0 spiro atoms. The highest BCUT2D eigenvalue weighted by atomic mass is 79.9. The number of ether oxygens (including phenoxy) is 1. The first-order valence-corrected chi connectivity index (χ1v) is 5.86. The first kappa shape index (κ1) is 14.0. The molecule has 0 fully saturated rings. The maximum atomic E-state index is 5.14. The second kappa shape index (κ2) is 6.02. The minimum Gasteiger partial charge on any atom is -0.497 e. The van der Waals surface area contributed by atoms with Gasteiger partial charge in [-0.15, -0.1) is 28.3 Å². The molecule has 0 unspecified atom stereocenters. The smallest absolute Gasteiger partial charge is 0.184 e. The van der Waals surface area contributed by atoms with Crippen molar-refractivity contribution in [1.82, 2.24) is 4.57 Å². The first-order chi connectivity index (χ1) is 7.76. The summed E-state index contributed by atoms with van der Waals surface area (Å²) in [5.41, 5.74) is 2.35. The van der Waals surface area contributed by atoms with Crippen LogP contribution in [0.15, 0.2) is 34.6 Å². The van der Waals surface area contributed by atoms with Gasteiger partial charge in [0.05, 0.1) is 12.8 Å². The normalized spacial score (nSPS) is 11.1. The van der Waals surface area contributed by atoms with Crippen molar-refractivity contribution in [1.29, 1.82) is 0 Å². The molecule has 0 saturated carbocycles. The van der Waals surface area contributed by atoms with Crippen LogP contribution in [0.5, 0.6) is 5.75 Å². The van der Waals surface area contributed by atoms with Crippen LogP contribution in [0, 0.1) is 0 Å². The molecule has 0 aliphatic rings. The van der Waals surface area contributed by atoms with Gasteiger partial charge >= 0.3 is 0 Å². The Morgan fingerprint density at radius 2 is 1.88 bits per heavy atom. The number of nitrogens with zero attached hydrogens (tertiary/aromatic N) is 2. The fourth-order valence-corrected chi connectivity index (χ4v) is 2.47. The van der Waals surface area contributed by atoms with Crippen LogP contribution in [0.3, 0.4) is 0 Å². The average molecular weight is 315 g/mol. The molecule has 17 heavy (non-hydrogen) atoms. The topological polar surface area (TPSA) is 26.5 Å². The van der Waals surface area contributed by atoms with Crippen LogP contribution in [0.25, 0.3) is 11.3 Å². The van der Waals surface area contributed by atoms with E-state index in [1.54, 1.807) is 18.4 Å². The average Bonchev–Trinajstić information content (AvgIpc) is 2.70. The van der Waals surface area contributed by atoms with Crippen molar-refractivity contribution < 1.29 is 4.74 Å². The molecule has 0 amide bonds. The number of halogens is 1. The van der Waals surface area contributed by atoms with Gasteiger partial charge in [0, 0.05) is 19.5 Å². The molecule has 0 saturated heterocycles. The van der Waals surface area contributed by atoms with Gasteiger partial charge in [-0.3, -0.25) is 4.99 Å². The van der Waals surface area contributed by atoms with Crippen molar-refractivity contribution in [3.05, 3.63) is 34.4 Å². The Kier molecular flexibility index (Phi) is 4.96. The second-order valence-corrected chi connectivity index (χ2v) is 4.25. The van der Waals surface area contributed by atoms with E-state index in [4.69, 9.17) is 4.74 Å². The largest absolute Gasteiger partial charge is 0.497 e. The lowest BCUT2D eigenvalue weighted by Crippen LogP contribution is -2.10. The van der Waals surface area contributed by atoms with E-state index in [2.05, 4.69) is 27.1 Å². The van der Waals surface area contributed by atoms with E-state index in [0.717, 1.165) is 10.6 Å². The Bertz CT molecular complexity index is 542. The van der Waals surface area contributed by atoms with Crippen LogP contribution >= 0.6 is 28.3 Å². The zero-order chi connectivity index (χ0) is 11.5. The van der Waals surface area contributed by atoms with Crippen molar-refractivity contribution in [3.63, 3.8) is 0 Å². The SMILES string of the molecule is Br.CN=c1scc(-c2ccc(OC)cc2)n1C. The zero-order valence-electron chi connectivity index (χ0n) is 10.0. The van der Waals surface area contributed by atoms with E-state index in [0.29, 0.717) is 0 Å². The van der Waals surface area contributed by atoms with E-state index < -0.39 is 0 Å². The molecule has 0 aliphatic heterocycles. The summed E-state index contributed by atoms with van der Waals surface area (Å²) in [6.45, 7) is 0. The van der Waals surface area contributed by atoms with Gasteiger partial charge in [0.1, 0.15) is 5.75 Å². The molecule has 1 aromatic heterocycles. The van der Waals surface area contributed by atoms with Gasteiger partial charge in [0.2, 0.25) is 0 Å². The van der Waals surface area contributed by atoms with E-state index in [1.807, 2.05) is 26.2 Å². The zero-order valence-corrected chi connectivity index (χ0v) is 12.5. The van der Waals surface area contributed by atoms with Gasteiger partial charge in [-0.2, -0.15) is 0 Å². The lowest BCUT2D eigenvalue weighted by molar-refractivity contribution is 0.415. The Morgan fingerprint density at radius 3 is 2.35 bits per heavy atom. The minimum atomic E-state index is 0. The maximum absolute atomic E-state index is 5.14. The number of rotatable bonds is 2. The summed E-state index contributed by atoms with van der Waals surface area (Å²) >= 11 is 1.65. The summed E-state index contributed by atoms with van der Waals surface area (Å²) in [6, 6.07) is 8.05. The lowest BCUT2D eigenvalue weighted by atomic mass is 10.1. The molecule has 2 rings (SSSR count). The van der Waals surface area contributed by atoms with Crippen molar-refractivity contribution in [2.45, 2.75) is 0 Å². The highest BCUT2D eigenvalue weighted by Crippen LogP contribution is 2.22. The monoisotopic (exact) mass is 314 g/mol. The van der Waals surface area contributed by atoms with E-state index in [-0.39, 0.29) is 17.0 Å². The highest BCUT2D eigenvalue weighted by molar-refractivity contribution is 8.93. The number of aromatic nitrogens is 1. The van der Waals surface area contributed by atoms with Gasteiger partial charge < -0.3 is 9.30 Å². The number of thiazole rings is 1. The summed E-state index contributed by atoms with van der Waals surface area (Å²) in [6.07, 6.45) is 0. The van der Waals surface area contributed by atoms with Gasteiger partial charge in [-0.25, -0.2) is 0 Å². The van der Waals surface area contributed by atoms with Gasteiger partial charge in [-0.05, 0) is 29.8 Å². The molecular weight excluding hydrogens is 300 g/mol. The molecule has 0 radical (unpaired) electrons. The third-order valence-corrected chi connectivity index (χ3v) is 3.51. The highest BCUT2D eigenvalue weighted by Gasteiger charge is 2.03. The fraction of sp³-hybridized carbons (Fsp3) is 0.250. The van der Waals surface area contributed by atoms with E-state index in [1.165, 1.54) is 11.3 Å². The molecule has 0 aliphatic carbocycles. The summed E-state index contributed by atoms with van der Waals surface area (Å²) in [5.74, 6) is 0.877. The third-order valence-electron chi connectivity index (χ3n) is 2.50. The van der Waals surface area contributed by atoms with Crippen molar-refractivity contribution in [3.8, 4) is 17.0 Å². The molecule has 3 nitrogen and oxygen atoms in total. The lowest BCUT2D eigenvalue weighted by Gasteiger charge is -2.04. The van der Waals surface area contributed by atoms with E-state index >= 15 is 0 Å². The molecule has 5 heteroatoms. The summed E-state index contributed by atoms with van der Waals surface area (Å²) in [7, 11) is 5.51. The van der Waals surface area contributed by atoms with Crippen molar-refractivity contribution >= 4 is 28.3 Å². The fourth-order valence-electron chi connectivity index (χ4n) is 1.60. The summed E-state index contributed by atoms with van der Waals surface area (Å²) < 4.78 is 7.23. The number of hydrogen-bond donors (Lipinski definition) is 0. The molecule has 0 bridgehead atoms. The molecule has 1 aromatic carbocycles. The predicted octanol–water partition coefficient (Wildman–Crippen LogP) is 2.87. The first-order valence-electron chi connectivity index (χ1n) is 4.98. The molecule has 2 aromatic rings. The predicted molar refractivity (Wildman–Crippen MR) is 77.1 cm³/mol. The van der Waals surface area contributed by atoms with Crippen molar-refractivity contribution in [2.75, 3.05) is 14.2 Å². The minimum absolute atomic E-state index is 0. The quantitative estimate of drug-likeness (QED) is 0.837. The Hall–Kier alpha value is -1.07. The number of hydrogen-bond acceptors (Lipinski definition) is 3. The Morgan fingerprint density at radius 1 is 1.24 bits per heavy atom. The molecular formula is C12H15BrN2OS. The van der Waals surface area contributed by atoms with Crippen LogP contribution in [0.1, 0.15) is 0 Å². The van der Waals surface area contributed by atoms with Crippen LogP contribution in [-0.2, 0) is 7.05 Å². The van der Waals surface area contributed by atoms with Crippen LogP contribution in [0.2, 0.25) is 0 Å². The summed E-state index contributed by atoms with van der Waals surface area (Å²) in [5, 5.41) is 2.12. The van der Waals surface area contributed by atoms with Crippen LogP contribution in [0.4, 0.5) is 0 Å². The second-order valence-electron chi connectivity index (χ2n) is 3.41. The number of benzene rings is 1. The summed E-state index contributed by atoms with van der Waals surface area (Å²) in [4.78, 5) is 5.23. The van der Waals surface area contributed by atoms with Gasteiger partial charge in [0.25, 0.3) is 0 Å². The molecule has 0 atom stereocenters. The Balaban J connectivity index is 0.00000144.